The van der Waals surface area contributed by atoms with E-state index in [1.165, 1.54) is 0 Å². The van der Waals surface area contributed by atoms with Gasteiger partial charge in [-0.1, -0.05) is 35.3 Å². The maximum Gasteiger partial charge on any atom is 0.0980 e. The fraction of sp³-hybridized carbons (Fsp3) is 0.312. The van der Waals surface area contributed by atoms with Crippen molar-refractivity contribution < 1.29 is 5.11 Å². The molecule has 2 aromatic rings. The number of aliphatic hydroxyl groups is 1. The van der Waals surface area contributed by atoms with Gasteiger partial charge in [0.1, 0.15) is 0 Å². The van der Waals surface area contributed by atoms with E-state index < -0.39 is 5.60 Å². The molecule has 1 atom stereocenters. The van der Waals surface area contributed by atoms with E-state index in [0.29, 0.717) is 16.5 Å². The number of hydrogen-bond donors (Lipinski definition) is 1. The van der Waals surface area contributed by atoms with Crippen molar-refractivity contribution in [3.63, 3.8) is 0 Å². The van der Waals surface area contributed by atoms with Crippen LogP contribution in [-0.4, -0.2) is 10.1 Å². The predicted octanol–water partition coefficient (Wildman–Crippen LogP) is 4.23. The first kappa shape index (κ1) is 13.9. The Kier molecular flexibility index (Phi) is 3.72. The van der Waals surface area contributed by atoms with E-state index in [2.05, 4.69) is 4.98 Å². The molecule has 0 saturated heterocycles. The molecule has 0 aliphatic heterocycles. The summed E-state index contributed by atoms with van der Waals surface area (Å²) < 4.78 is 0. The van der Waals surface area contributed by atoms with Gasteiger partial charge in [0.2, 0.25) is 0 Å². The topological polar surface area (TPSA) is 33.1 Å². The molecule has 20 heavy (non-hydrogen) atoms. The number of benzene rings is 1. The summed E-state index contributed by atoms with van der Waals surface area (Å²) in [5, 5.41) is 12.3. The zero-order valence-corrected chi connectivity index (χ0v) is 12.4. The molecule has 1 aliphatic carbocycles. The maximum absolute atomic E-state index is 11.1. The van der Waals surface area contributed by atoms with Gasteiger partial charge in [-0.25, -0.2) is 0 Å². The van der Waals surface area contributed by atoms with Crippen molar-refractivity contribution in [2.45, 2.75) is 24.9 Å². The van der Waals surface area contributed by atoms with Gasteiger partial charge in [0.05, 0.1) is 5.60 Å². The molecular weight excluding hydrogens is 293 g/mol. The van der Waals surface area contributed by atoms with Gasteiger partial charge < -0.3 is 5.11 Å². The van der Waals surface area contributed by atoms with Gasteiger partial charge in [0.25, 0.3) is 0 Å². The van der Waals surface area contributed by atoms with Crippen LogP contribution < -0.4 is 0 Å². The summed E-state index contributed by atoms with van der Waals surface area (Å²) in [6.45, 7) is 0. The average Bonchev–Trinajstić information content (AvgIpc) is 3.28. The number of hydrogen-bond acceptors (Lipinski definition) is 2. The fourth-order valence-electron chi connectivity index (χ4n) is 2.62. The minimum absolute atomic E-state index is 0.276. The van der Waals surface area contributed by atoms with E-state index >= 15 is 0 Å². The van der Waals surface area contributed by atoms with Crippen LogP contribution in [0.25, 0.3) is 0 Å². The second-order valence-corrected chi connectivity index (χ2v) is 6.20. The molecule has 1 saturated carbocycles. The monoisotopic (exact) mass is 307 g/mol. The van der Waals surface area contributed by atoms with E-state index in [4.69, 9.17) is 23.2 Å². The molecule has 1 fully saturated rings. The van der Waals surface area contributed by atoms with Gasteiger partial charge >= 0.3 is 0 Å². The molecular formula is C16H15Cl2NO. The lowest BCUT2D eigenvalue weighted by Gasteiger charge is -2.29. The number of halogens is 2. The number of rotatable bonds is 4. The van der Waals surface area contributed by atoms with Crippen LogP contribution in [0.2, 0.25) is 10.0 Å². The number of pyridine rings is 1. The molecule has 2 nitrogen and oxygen atoms in total. The minimum Gasteiger partial charge on any atom is -0.384 e. The molecule has 0 bridgehead atoms. The minimum atomic E-state index is -0.897. The Hall–Kier alpha value is -1.09. The van der Waals surface area contributed by atoms with E-state index in [-0.39, 0.29) is 5.92 Å². The number of nitrogens with zero attached hydrogens (tertiary/aromatic N) is 1. The second-order valence-electron chi connectivity index (χ2n) is 5.35. The Morgan fingerprint density at radius 3 is 2.65 bits per heavy atom. The second kappa shape index (κ2) is 5.36. The first-order chi connectivity index (χ1) is 9.59. The Morgan fingerprint density at radius 1 is 1.25 bits per heavy atom. The van der Waals surface area contributed by atoms with Gasteiger partial charge in [-0.15, -0.1) is 0 Å². The zero-order valence-electron chi connectivity index (χ0n) is 10.9. The van der Waals surface area contributed by atoms with Crippen LogP contribution in [0.1, 0.15) is 24.0 Å². The Morgan fingerprint density at radius 2 is 2.05 bits per heavy atom. The van der Waals surface area contributed by atoms with Gasteiger partial charge in [0.15, 0.2) is 0 Å². The fourth-order valence-corrected chi connectivity index (χ4v) is 3.09. The van der Waals surface area contributed by atoms with Crippen molar-refractivity contribution in [2.75, 3.05) is 0 Å². The van der Waals surface area contributed by atoms with Gasteiger partial charge in [-0.3, -0.25) is 4.98 Å². The third-order valence-corrected chi connectivity index (χ3v) is 4.48. The molecule has 0 radical (unpaired) electrons. The van der Waals surface area contributed by atoms with Crippen LogP contribution in [0.4, 0.5) is 0 Å². The summed E-state index contributed by atoms with van der Waals surface area (Å²) >= 11 is 12.2. The number of aromatic nitrogens is 1. The predicted molar refractivity (Wildman–Crippen MR) is 81.0 cm³/mol. The SMILES string of the molecule is OC(Cc1ccc(Cl)cc1Cl)(c1cccnc1)C1CC1. The molecule has 4 heteroatoms. The highest BCUT2D eigenvalue weighted by Gasteiger charge is 2.45. The quantitative estimate of drug-likeness (QED) is 0.917. The van der Waals surface area contributed by atoms with Crippen molar-refractivity contribution in [1.29, 1.82) is 0 Å². The van der Waals surface area contributed by atoms with Crippen molar-refractivity contribution >= 4 is 23.2 Å². The Labute approximate surface area is 128 Å². The van der Waals surface area contributed by atoms with Crippen LogP contribution >= 0.6 is 23.2 Å². The first-order valence-electron chi connectivity index (χ1n) is 6.66. The lowest BCUT2D eigenvalue weighted by Crippen LogP contribution is -2.31. The average molecular weight is 308 g/mol. The molecule has 1 heterocycles. The van der Waals surface area contributed by atoms with E-state index in [1.54, 1.807) is 24.5 Å². The normalized spacial score (nSPS) is 17.8. The first-order valence-corrected chi connectivity index (χ1v) is 7.42. The Balaban J connectivity index is 1.96. The highest BCUT2D eigenvalue weighted by molar-refractivity contribution is 6.35. The maximum atomic E-state index is 11.1. The Bertz CT molecular complexity index is 613. The standard InChI is InChI=1S/C16H15Cl2NO/c17-14-6-3-11(15(18)8-14)9-16(20,12-4-5-12)13-2-1-7-19-10-13/h1-3,6-8,10,12,20H,4-5,9H2. The third-order valence-electron chi connectivity index (χ3n) is 3.89. The lowest BCUT2D eigenvalue weighted by molar-refractivity contribution is 0.0128. The van der Waals surface area contributed by atoms with E-state index in [9.17, 15) is 5.11 Å². The summed E-state index contributed by atoms with van der Waals surface area (Å²) in [5.41, 5.74) is 0.869. The van der Waals surface area contributed by atoms with Crippen molar-refractivity contribution in [3.05, 3.63) is 63.9 Å². The van der Waals surface area contributed by atoms with Crippen molar-refractivity contribution in [2.24, 2.45) is 5.92 Å². The van der Waals surface area contributed by atoms with Crippen molar-refractivity contribution in [1.82, 2.24) is 4.98 Å². The smallest absolute Gasteiger partial charge is 0.0980 e. The molecule has 1 aromatic carbocycles. The molecule has 0 spiro atoms. The van der Waals surface area contributed by atoms with Gasteiger partial charge in [-0.2, -0.15) is 0 Å². The summed E-state index contributed by atoms with van der Waals surface area (Å²) in [4.78, 5) is 4.13. The van der Waals surface area contributed by atoms with Crippen LogP contribution in [0.3, 0.4) is 0 Å². The van der Waals surface area contributed by atoms with Crippen LogP contribution in [0, 0.1) is 5.92 Å². The lowest BCUT2D eigenvalue weighted by atomic mass is 9.84. The van der Waals surface area contributed by atoms with Crippen LogP contribution in [0.5, 0.6) is 0 Å². The summed E-state index contributed by atoms with van der Waals surface area (Å²) in [6, 6.07) is 9.18. The third kappa shape index (κ3) is 2.69. The molecule has 0 amide bonds. The van der Waals surface area contributed by atoms with Gasteiger partial charge in [0, 0.05) is 34.4 Å². The highest BCUT2D eigenvalue weighted by atomic mass is 35.5. The highest BCUT2D eigenvalue weighted by Crippen LogP contribution is 2.48. The van der Waals surface area contributed by atoms with Gasteiger partial charge in [-0.05, 0) is 42.5 Å². The van der Waals surface area contributed by atoms with E-state index in [1.807, 2.05) is 18.2 Å². The molecule has 1 N–H and O–H groups in total. The van der Waals surface area contributed by atoms with Crippen LogP contribution in [0.15, 0.2) is 42.7 Å². The van der Waals surface area contributed by atoms with Crippen LogP contribution in [-0.2, 0) is 12.0 Å². The zero-order chi connectivity index (χ0) is 14.2. The van der Waals surface area contributed by atoms with E-state index in [0.717, 1.165) is 24.0 Å². The molecule has 1 aromatic heterocycles. The molecule has 3 rings (SSSR count). The summed E-state index contributed by atoms with van der Waals surface area (Å²) in [5.74, 6) is 0.276. The van der Waals surface area contributed by atoms with Crippen molar-refractivity contribution in [3.8, 4) is 0 Å². The summed E-state index contributed by atoms with van der Waals surface area (Å²) in [7, 11) is 0. The molecule has 1 unspecified atom stereocenters. The molecule has 1 aliphatic rings. The largest absolute Gasteiger partial charge is 0.384 e. The molecule has 104 valence electrons. The summed E-state index contributed by atoms with van der Waals surface area (Å²) in [6.07, 6.45) is 6.01.